The van der Waals surface area contributed by atoms with Crippen molar-refractivity contribution in [2.45, 2.75) is 45.2 Å². The fraction of sp³-hybridized carbons (Fsp3) is 0.421. The number of pyridine rings is 1. The molecule has 3 heterocycles. The summed E-state index contributed by atoms with van der Waals surface area (Å²) in [4.78, 5) is 17.2. The molecular formula is C19H19F3N4O. The van der Waals surface area contributed by atoms with Gasteiger partial charge in [0.15, 0.2) is 11.6 Å². The summed E-state index contributed by atoms with van der Waals surface area (Å²) < 4.78 is 41.1. The first-order chi connectivity index (χ1) is 12.5. The second-order valence-corrected chi connectivity index (χ2v) is 8.11. The summed E-state index contributed by atoms with van der Waals surface area (Å²) in [6.45, 7) is 5.60. The highest BCUT2D eigenvalue weighted by Crippen LogP contribution is 2.54. The lowest BCUT2D eigenvalue weighted by molar-refractivity contribution is -0.142. The molecule has 0 radical (unpaired) electrons. The van der Waals surface area contributed by atoms with E-state index in [9.17, 15) is 18.0 Å². The average molecular weight is 376 g/mol. The van der Waals surface area contributed by atoms with Crippen LogP contribution in [0.2, 0.25) is 0 Å². The molecule has 2 aliphatic rings. The van der Waals surface area contributed by atoms with Gasteiger partial charge in [-0.1, -0.05) is 19.9 Å². The number of hydrogen-bond acceptors (Lipinski definition) is 4. The van der Waals surface area contributed by atoms with Gasteiger partial charge in [0.1, 0.15) is 5.69 Å². The summed E-state index contributed by atoms with van der Waals surface area (Å²) in [5.41, 5.74) is -1.05. The molecule has 0 aromatic carbocycles. The van der Waals surface area contributed by atoms with Crippen LogP contribution in [0.5, 0.6) is 0 Å². The monoisotopic (exact) mass is 376 g/mol. The van der Waals surface area contributed by atoms with Gasteiger partial charge in [0.05, 0.1) is 5.41 Å². The molecule has 0 bridgehead atoms. The van der Waals surface area contributed by atoms with E-state index < -0.39 is 17.3 Å². The van der Waals surface area contributed by atoms with Gasteiger partial charge >= 0.3 is 6.18 Å². The van der Waals surface area contributed by atoms with Gasteiger partial charge in [0.25, 0.3) is 0 Å². The quantitative estimate of drug-likeness (QED) is 0.783. The molecule has 2 aromatic rings. The molecule has 1 aliphatic heterocycles. The van der Waals surface area contributed by atoms with Crippen molar-refractivity contribution in [2.24, 2.45) is 5.41 Å². The average Bonchev–Trinajstić information content (AvgIpc) is 2.98. The SMILES string of the molecule is CC1(C)CC(=O)C2=C(C1)Nc1n[nH]c(C(F)(F)F)c1C2(C)c1cccnc1. The molecule has 1 aliphatic carbocycles. The number of ketones is 1. The summed E-state index contributed by atoms with van der Waals surface area (Å²) in [5.74, 6) is -0.0435. The van der Waals surface area contributed by atoms with Gasteiger partial charge in [-0.2, -0.15) is 18.3 Å². The first-order valence-corrected chi connectivity index (χ1v) is 8.64. The molecular weight excluding hydrogens is 357 g/mol. The number of nitrogens with zero attached hydrogens (tertiary/aromatic N) is 2. The number of anilines is 1. The minimum absolute atomic E-state index is 0.0604. The highest BCUT2D eigenvalue weighted by molar-refractivity contribution is 6.02. The van der Waals surface area contributed by atoms with E-state index in [1.54, 1.807) is 25.3 Å². The van der Waals surface area contributed by atoms with Crippen LogP contribution in [0.3, 0.4) is 0 Å². The Kier molecular flexibility index (Phi) is 3.57. The zero-order chi connectivity index (χ0) is 19.6. The third kappa shape index (κ3) is 2.57. The van der Waals surface area contributed by atoms with Crippen molar-refractivity contribution in [3.63, 3.8) is 0 Å². The molecule has 8 heteroatoms. The number of aromatic nitrogens is 3. The number of fused-ring (bicyclic) bond motifs is 1. The summed E-state index contributed by atoms with van der Waals surface area (Å²) in [6.07, 6.45) is -0.730. The van der Waals surface area contributed by atoms with Gasteiger partial charge in [-0.15, -0.1) is 0 Å². The van der Waals surface area contributed by atoms with E-state index in [-0.39, 0.29) is 29.0 Å². The normalized spacial score (nSPS) is 24.3. The third-order valence-electron chi connectivity index (χ3n) is 5.43. The molecule has 5 nitrogen and oxygen atoms in total. The molecule has 4 rings (SSSR count). The molecule has 1 atom stereocenters. The van der Waals surface area contributed by atoms with Crippen LogP contribution in [-0.4, -0.2) is 21.0 Å². The lowest BCUT2D eigenvalue weighted by atomic mass is 9.62. The Bertz CT molecular complexity index is 959. The van der Waals surface area contributed by atoms with Crippen LogP contribution in [0.4, 0.5) is 19.0 Å². The van der Waals surface area contributed by atoms with Crippen molar-refractivity contribution in [3.05, 3.63) is 52.6 Å². The minimum atomic E-state index is -4.62. The van der Waals surface area contributed by atoms with E-state index >= 15 is 0 Å². The van der Waals surface area contributed by atoms with Crippen LogP contribution >= 0.6 is 0 Å². The summed E-state index contributed by atoms with van der Waals surface area (Å²) in [5, 5.41) is 9.01. The number of halogens is 3. The fourth-order valence-corrected chi connectivity index (χ4v) is 4.35. The maximum absolute atomic E-state index is 13.7. The van der Waals surface area contributed by atoms with Gasteiger partial charge in [-0.25, -0.2) is 0 Å². The Morgan fingerprint density at radius 1 is 1.19 bits per heavy atom. The minimum Gasteiger partial charge on any atom is -0.342 e. The molecule has 0 spiro atoms. The molecule has 0 saturated carbocycles. The largest absolute Gasteiger partial charge is 0.433 e. The summed E-state index contributed by atoms with van der Waals surface area (Å²) >= 11 is 0. The van der Waals surface area contributed by atoms with E-state index in [2.05, 4.69) is 20.5 Å². The molecule has 2 aromatic heterocycles. The third-order valence-corrected chi connectivity index (χ3v) is 5.43. The summed E-state index contributed by atoms with van der Waals surface area (Å²) in [6, 6.07) is 3.36. The Morgan fingerprint density at radius 2 is 1.93 bits per heavy atom. The van der Waals surface area contributed by atoms with E-state index in [0.717, 1.165) is 0 Å². The van der Waals surface area contributed by atoms with Crippen molar-refractivity contribution in [2.75, 3.05) is 5.32 Å². The highest BCUT2D eigenvalue weighted by Gasteiger charge is 2.53. The number of carbonyl (C=O) groups is 1. The number of hydrogen-bond donors (Lipinski definition) is 2. The predicted octanol–water partition coefficient (Wildman–Crippen LogP) is 4.20. The highest BCUT2D eigenvalue weighted by atomic mass is 19.4. The summed E-state index contributed by atoms with van der Waals surface area (Å²) in [7, 11) is 0. The zero-order valence-corrected chi connectivity index (χ0v) is 15.2. The molecule has 27 heavy (non-hydrogen) atoms. The van der Waals surface area contributed by atoms with Crippen LogP contribution in [0.15, 0.2) is 35.8 Å². The molecule has 142 valence electrons. The predicted molar refractivity (Wildman–Crippen MR) is 93.0 cm³/mol. The lowest BCUT2D eigenvalue weighted by Crippen LogP contribution is -2.42. The smallest absolute Gasteiger partial charge is 0.342 e. The standard InChI is InChI=1S/C19H19F3N4O/c1-17(2)7-11-13(12(27)8-17)18(3,10-5-4-6-23-9-10)14-15(19(20,21)22)25-26-16(14)24-11/h4-6,9H,7-8H2,1-3H3,(H2,24,25,26). The number of Topliss-reactive ketones (excluding diaryl/α,β-unsaturated/α-hetero) is 1. The number of alkyl halides is 3. The van der Waals surface area contributed by atoms with Crippen molar-refractivity contribution in [1.82, 2.24) is 15.2 Å². The first kappa shape index (κ1) is 17.8. The van der Waals surface area contributed by atoms with Crippen LogP contribution in [0.1, 0.15) is 50.4 Å². The Hall–Kier alpha value is -2.64. The number of H-pyrrole nitrogens is 1. The van der Waals surface area contributed by atoms with Crippen LogP contribution in [0, 0.1) is 5.41 Å². The molecule has 0 amide bonds. The number of rotatable bonds is 1. The maximum atomic E-state index is 13.7. The van der Waals surface area contributed by atoms with E-state index in [1.165, 1.54) is 6.20 Å². The molecule has 0 saturated heterocycles. The van der Waals surface area contributed by atoms with E-state index in [1.807, 2.05) is 13.8 Å². The Morgan fingerprint density at radius 3 is 2.56 bits per heavy atom. The molecule has 2 N–H and O–H groups in total. The second kappa shape index (κ2) is 5.43. The van der Waals surface area contributed by atoms with Crippen molar-refractivity contribution >= 4 is 11.6 Å². The molecule has 0 fully saturated rings. The maximum Gasteiger partial charge on any atom is 0.433 e. The van der Waals surface area contributed by atoms with E-state index in [0.29, 0.717) is 23.3 Å². The number of allylic oxidation sites excluding steroid dienone is 2. The topological polar surface area (TPSA) is 70.7 Å². The van der Waals surface area contributed by atoms with Crippen LogP contribution < -0.4 is 5.32 Å². The van der Waals surface area contributed by atoms with Crippen molar-refractivity contribution < 1.29 is 18.0 Å². The fourth-order valence-electron chi connectivity index (χ4n) is 4.35. The van der Waals surface area contributed by atoms with Crippen LogP contribution in [-0.2, 0) is 16.4 Å². The number of nitrogens with one attached hydrogen (secondary N) is 2. The molecule has 1 unspecified atom stereocenters. The van der Waals surface area contributed by atoms with Crippen molar-refractivity contribution in [3.8, 4) is 0 Å². The van der Waals surface area contributed by atoms with Gasteiger partial charge in [-0.05, 0) is 30.4 Å². The van der Waals surface area contributed by atoms with Crippen LogP contribution in [0.25, 0.3) is 0 Å². The van der Waals surface area contributed by atoms with Gasteiger partial charge in [0, 0.05) is 35.6 Å². The second-order valence-electron chi connectivity index (χ2n) is 8.11. The Labute approximate surface area is 154 Å². The van der Waals surface area contributed by atoms with Gasteiger partial charge < -0.3 is 5.32 Å². The van der Waals surface area contributed by atoms with Gasteiger partial charge in [-0.3, -0.25) is 14.9 Å². The lowest BCUT2D eigenvalue weighted by Gasteiger charge is -2.43. The number of aromatic amines is 1. The van der Waals surface area contributed by atoms with Gasteiger partial charge in [0.2, 0.25) is 0 Å². The first-order valence-electron chi connectivity index (χ1n) is 8.64. The zero-order valence-electron chi connectivity index (χ0n) is 15.2. The number of carbonyl (C=O) groups excluding carboxylic acids is 1. The Balaban J connectivity index is 2.05. The van der Waals surface area contributed by atoms with Crippen molar-refractivity contribution in [1.29, 1.82) is 0 Å². The van der Waals surface area contributed by atoms with E-state index in [4.69, 9.17) is 0 Å².